The van der Waals surface area contributed by atoms with E-state index in [1.165, 1.54) is 26.3 Å². The predicted molar refractivity (Wildman–Crippen MR) is 230 cm³/mol. The predicted octanol–water partition coefficient (Wildman–Crippen LogP) is 6.94. The number of amides is 1. The Morgan fingerprint density at radius 3 is 1.81 bits per heavy atom. The molecule has 0 radical (unpaired) electrons. The van der Waals surface area contributed by atoms with E-state index in [4.69, 9.17) is 23.7 Å². The van der Waals surface area contributed by atoms with Gasteiger partial charge in [-0.3, -0.25) is 24.0 Å². The molecule has 0 bridgehead atoms. The summed E-state index contributed by atoms with van der Waals surface area (Å²) >= 11 is 0. The van der Waals surface area contributed by atoms with Crippen LogP contribution in [0, 0.1) is 29.6 Å². The summed E-state index contributed by atoms with van der Waals surface area (Å²) in [4.78, 5) is 90.3. The maximum atomic E-state index is 14.2. The van der Waals surface area contributed by atoms with Crippen LogP contribution in [0.2, 0.25) is 0 Å². The van der Waals surface area contributed by atoms with Gasteiger partial charge >= 0.3 is 29.8 Å². The molecule has 1 aromatic rings. The highest BCUT2D eigenvalue weighted by atomic mass is 16.7. The lowest BCUT2D eigenvalue weighted by Crippen LogP contribution is -2.56. The highest BCUT2D eigenvalue weighted by molar-refractivity contribution is 5.95. The van der Waals surface area contributed by atoms with Gasteiger partial charge in [0.2, 0.25) is 18.5 Å². The van der Waals surface area contributed by atoms with Crippen LogP contribution in [0.5, 0.6) is 5.75 Å². The number of carbonyl (C=O) groups is 7. The second-order valence-corrected chi connectivity index (χ2v) is 15.8. The fourth-order valence-electron chi connectivity index (χ4n) is 5.95. The van der Waals surface area contributed by atoms with Gasteiger partial charge in [-0.15, -0.1) is 5.92 Å². The monoisotopic (exact) mass is 871 g/mol. The van der Waals surface area contributed by atoms with E-state index in [1.54, 1.807) is 58.9 Å². The number of hydrogen-bond acceptors (Lipinski definition) is 13. The van der Waals surface area contributed by atoms with Crippen molar-refractivity contribution in [2.45, 2.75) is 170 Å². The number of ketones is 1. The minimum Gasteiger partial charge on any atom is -0.481 e. The molecule has 5 atom stereocenters. The Hall–Kier alpha value is -5.23. The van der Waals surface area contributed by atoms with Gasteiger partial charge in [0.05, 0.1) is 24.2 Å². The van der Waals surface area contributed by atoms with E-state index < -0.39 is 84.2 Å². The minimum absolute atomic E-state index is 0.144. The molecule has 1 rings (SSSR count). The Morgan fingerprint density at radius 2 is 1.27 bits per heavy atom. The molecule has 62 heavy (non-hydrogen) atoms. The molecule has 0 saturated carbocycles. The number of Topliss-reactive ketones (excluding diaryl/α,β-unsaturated/α-hetero) is 1. The number of allylic oxidation sites excluding steroid dienone is 1. The molecular weight excluding hydrogens is 803 g/mol. The van der Waals surface area contributed by atoms with Gasteiger partial charge in [-0.1, -0.05) is 103 Å². The SMILES string of the molecule is CC#CCOc1ccc(C[C@H](NC(=O)C(/C=C/CCCCCCC(=O)CCCCCCC)C(O)(CC(=O)O[C@H](C)OC(=O)C(C)C)C(=O)O)C(=O)O[C@@H](C)OC(=O)C(C)C)cc1. The van der Waals surface area contributed by atoms with E-state index >= 15 is 0 Å². The van der Waals surface area contributed by atoms with Gasteiger partial charge in [0.25, 0.3) is 0 Å². The van der Waals surface area contributed by atoms with Crippen molar-refractivity contribution in [3.8, 4) is 17.6 Å². The number of hydrogen-bond donors (Lipinski definition) is 3. The Morgan fingerprint density at radius 1 is 0.742 bits per heavy atom. The van der Waals surface area contributed by atoms with E-state index in [9.17, 15) is 43.8 Å². The topological polar surface area (TPSA) is 218 Å². The molecule has 0 aromatic heterocycles. The largest absolute Gasteiger partial charge is 0.481 e. The van der Waals surface area contributed by atoms with Crippen LogP contribution in [0.4, 0.5) is 0 Å². The van der Waals surface area contributed by atoms with Crippen LogP contribution < -0.4 is 10.1 Å². The van der Waals surface area contributed by atoms with Crippen LogP contribution in [0.15, 0.2) is 36.4 Å². The third kappa shape index (κ3) is 22.0. The molecule has 0 fully saturated rings. The lowest BCUT2D eigenvalue weighted by Gasteiger charge is -2.31. The first-order valence-electron chi connectivity index (χ1n) is 21.7. The van der Waals surface area contributed by atoms with E-state index in [0.29, 0.717) is 37.0 Å². The molecule has 15 heteroatoms. The summed E-state index contributed by atoms with van der Waals surface area (Å²) in [5.74, 6) is -3.62. The Balaban J connectivity index is 3.37. The van der Waals surface area contributed by atoms with Crippen molar-refractivity contribution in [1.29, 1.82) is 0 Å². The van der Waals surface area contributed by atoms with Crippen LogP contribution in [0.1, 0.15) is 144 Å². The number of carboxylic acids is 1. The third-order valence-electron chi connectivity index (χ3n) is 9.58. The maximum absolute atomic E-state index is 14.2. The quantitative estimate of drug-likeness (QED) is 0.0226. The lowest BCUT2D eigenvalue weighted by atomic mass is 9.82. The van der Waals surface area contributed by atoms with Crippen LogP contribution in [-0.4, -0.2) is 82.6 Å². The van der Waals surface area contributed by atoms with Crippen LogP contribution in [-0.2, 0) is 58.9 Å². The number of aliphatic carboxylic acids is 1. The highest BCUT2D eigenvalue weighted by Crippen LogP contribution is 2.27. The van der Waals surface area contributed by atoms with Crippen molar-refractivity contribution >= 4 is 41.5 Å². The van der Waals surface area contributed by atoms with E-state index in [2.05, 4.69) is 24.1 Å². The average molecular weight is 872 g/mol. The van der Waals surface area contributed by atoms with Gasteiger partial charge in [0, 0.05) is 33.1 Å². The fraction of sp³-hybridized carbons (Fsp3) is 0.638. The van der Waals surface area contributed by atoms with Gasteiger partial charge in [-0.05, 0) is 50.3 Å². The minimum atomic E-state index is -3.12. The van der Waals surface area contributed by atoms with Gasteiger partial charge in [-0.25, -0.2) is 9.59 Å². The molecule has 0 aliphatic heterocycles. The maximum Gasteiger partial charge on any atom is 0.337 e. The second-order valence-electron chi connectivity index (χ2n) is 15.8. The average Bonchev–Trinajstić information content (AvgIpc) is 3.20. The first-order chi connectivity index (χ1) is 29.3. The van der Waals surface area contributed by atoms with Crippen LogP contribution in [0.3, 0.4) is 0 Å². The van der Waals surface area contributed by atoms with Crippen molar-refractivity contribution in [3.05, 3.63) is 42.0 Å². The molecule has 0 aliphatic carbocycles. The van der Waals surface area contributed by atoms with Crippen molar-refractivity contribution in [2.24, 2.45) is 17.8 Å². The Bertz CT molecular complexity index is 1670. The number of nitrogens with one attached hydrogen (secondary N) is 1. The summed E-state index contributed by atoms with van der Waals surface area (Å²) in [6.45, 7) is 12.8. The summed E-state index contributed by atoms with van der Waals surface area (Å²) in [5.41, 5.74) is -2.61. The van der Waals surface area contributed by atoms with Gasteiger partial charge < -0.3 is 39.2 Å². The normalized spacial score (nSPS) is 14.0. The van der Waals surface area contributed by atoms with E-state index in [0.717, 1.165) is 51.0 Å². The number of rotatable bonds is 31. The number of unbranched alkanes of at least 4 members (excludes halogenated alkanes) is 8. The summed E-state index contributed by atoms with van der Waals surface area (Å²) in [6, 6.07) is 4.98. The molecular formula is C47H69NO14. The van der Waals surface area contributed by atoms with Gasteiger partial charge in [0.15, 0.2) is 5.60 Å². The number of esters is 4. The van der Waals surface area contributed by atoms with Gasteiger partial charge in [0.1, 0.15) is 24.2 Å². The van der Waals surface area contributed by atoms with Crippen molar-refractivity contribution < 1.29 is 67.5 Å². The van der Waals surface area contributed by atoms with Crippen LogP contribution in [0.25, 0.3) is 0 Å². The molecule has 15 nitrogen and oxygen atoms in total. The Kier molecular flexibility index (Phi) is 26.4. The van der Waals surface area contributed by atoms with Crippen molar-refractivity contribution in [2.75, 3.05) is 6.61 Å². The summed E-state index contributed by atoms with van der Waals surface area (Å²) in [7, 11) is 0. The number of aliphatic hydroxyl groups is 1. The first kappa shape index (κ1) is 54.8. The third-order valence-corrected chi connectivity index (χ3v) is 9.58. The fourth-order valence-corrected chi connectivity index (χ4v) is 5.95. The smallest absolute Gasteiger partial charge is 0.337 e. The van der Waals surface area contributed by atoms with Crippen LogP contribution >= 0.6 is 0 Å². The summed E-state index contributed by atoms with van der Waals surface area (Å²) in [5, 5.41) is 24.6. The summed E-state index contributed by atoms with van der Waals surface area (Å²) < 4.78 is 26.3. The number of benzene rings is 1. The molecule has 0 spiro atoms. The highest BCUT2D eigenvalue weighted by Gasteiger charge is 2.50. The molecule has 0 saturated heterocycles. The molecule has 0 aliphatic rings. The molecule has 2 unspecified atom stereocenters. The zero-order valence-corrected chi connectivity index (χ0v) is 37.8. The molecule has 1 amide bonds. The van der Waals surface area contributed by atoms with E-state index in [-0.39, 0.29) is 18.8 Å². The number of ether oxygens (including phenoxy) is 5. The number of carboxylic acid groups (broad SMARTS) is 1. The molecule has 3 N–H and O–H groups in total. The van der Waals surface area contributed by atoms with Gasteiger partial charge in [-0.2, -0.15) is 0 Å². The van der Waals surface area contributed by atoms with Crippen molar-refractivity contribution in [3.63, 3.8) is 0 Å². The van der Waals surface area contributed by atoms with E-state index in [1.807, 2.05) is 0 Å². The standard InChI is InChI=1S/C47H69NO14/c1-9-11-13-16-19-22-37(49)23-20-17-14-15-18-21-24-39(47(57,46(55)56)31-41(50)59-34(7)60-43(52)32(3)4)42(51)48-40(45(54)62-35(8)61-44(53)33(5)6)30-36-25-27-38(28-26-36)58-29-12-10-2/h21,24-28,32-35,39-40,57H,9,11,13-20,22-23,29-31H2,1-8H3,(H,48,51)(H,55,56)/b24-21+/t34-,35-,39?,40-,47?/m0/s1. The van der Waals surface area contributed by atoms with Crippen molar-refractivity contribution in [1.82, 2.24) is 5.32 Å². The number of carbonyl (C=O) groups excluding carboxylic acids is 6. The Labute approximate surface area is 367 Å². The lowest BCUT2D eigenvalue weighted by molar-refractivity contribution is -0.194. The first-order valence-corrected chi connectivity index (χ1v) is 21.7. The molecule has 0 heterocycles. The molecule has 1 aromatic carbocycles. The second kappa shape index (κ2) is 29.9. The summed E-state index contributed by atoms with van der Waals surface area (Å²) in [6.07, 6.45) is 8.06. The zero-order chi connectivity index (χ0) is 46.7. The molecule has 346 valence electrons. The zero-order valence-electron chi connectivity index (χ0n) is 37.8.